The van der Waals surface area contributed by atoms with E-state index in [1.807, 2.05) is 0 Å². The third kappa shape index (κ3) is 4.69. The van der Waals surface area contributed by atoms with E-state index < -0.39 is 0 Å². The van der Waals surface area contributed by atoms with Gasteiger partial charge >= 0.3 is 0 Å². The molecule has 4 bridgehead atoms. The second kappa shape index (κ2) is 12.2. The quantitative estimate of drug-likeness (QED) is 0.164. The summed E-state index contributed by atoms with van der Waals surface area (Å²) < 4.78 is 6.76. The van der Waals surface area contributed by atoms with Crippen molar-refractivity contribution in [2.24, 2.45) is 23.7 Å². The zero-order valence-corrected chi connectivity index (χ0v) is 31.9. The van der Waals surface area contributed by atoms with Gasteiger partial charge in [-0.05, 0) is 168 Å². The fraction of sp³-hybridized carbons (Fsp3) is 0.179. The maximum atomic E-state index is 6.76. The molecule has 0 atom stereocenters. The maximum Gasteiger partial charge on any atom is 0.136 e. The smallest absolute Gasteiger partial charge is 0.136 e. The highest BCUT2D eigenvalue weighted by Gasteiger charge is 2.49. The van der Waals surface area contributed by atoms with Crippen molar-refractivity contribution in [2.45, 2.75) is 38.0 Å². The molecule has 10 aromatic rings. The molecule has 1 heterocycles. The molecule has 0 spiro atoms. The maximum absolute atomic E-state index is 6.76. The Bertz CT molecular complexity index is 3110. The summed E-state index contributed by atoms with van der Waals surface area (Å²) in [6.45, 7) is 0. The zero-order chi connectivity index (χ0) is 37.2. The summed E-state index contributed by atoms with van der Waals surface area (Å²) in [7, 11) is 0. The highest BCUT2D eigenvalue weighted by Crippen LogP contribution is 2.62. The van der Waals surface area contributed by atoms with E-state index in [1.165, 1.54) is 109 Å². The average Bonchev–Trinajstić information content (AvgIpc) is 3.62. The molecule has 9 aromatic carbocycles. The van der Waals surface area contributed by atoms with Crippen LogP contribution in [0, 0.1) is 23.7 Å². The monoisotopic (exact) mass is 730 g/mol. The third-order valence-corrected chi connectivity index (χ3v) is 14.6. The number of fused-ring (bicyclic) bond motifs is 7. The van der Waals surface area contributed by atoms with Crippen LogP contribution in [0.15, 0.2) is 168 Å². The molecule has 1 heteroatoms. The molecule has 4 aliphatic carbocycles. The highest BCUT2D eigenvalue weighted by molar-refractivity contribution is 6.22. The standard InChI is InChI=1S/C56H42O/c1-2-12-35(13-3-1)53-41-14-4-6-16-43(41)54(44-17-7-5-15-42(44)53)36-23-25-50-49(31-36)40-24-22-37(32-51(40)57-50)55-45-18-8-10-20-47(45)56(48-21-11-9-19-46(48)55)52-38-27-33-26-34(29-38)30-39(52)28-33/h1-25,31-34,38-39,52H,26-30H2. The Morgan fingerprint density at radius 1 is 0.316 bits per heavy atom. The molecular formula is C56H42O. The lowest BCUT2D eigenvalue weighted by atomic mass is 9.50. The van der Waals surface area contributed by atoms with E-state index in [4.69, 9.17) is 4.42 Å². The van der Waals surface area contributed by atoms with Gasteiger partial charge in [-0.2, -0.15) is 0 Å². The molecule has 0 radical (unpaired) electrons. The van der Waals surface area contributed by atoms with Crippen LogP contribution in [0.3, 0.4) is 0 Å². The number of hydrogen-bond acceptors (Lipinski definition) is 1. The van der Waals surface area contributed by atoms with Crippen LogP contribution in [-0.2, 0) is 0 Å². The van der Waals surface area contributed by atoms with Gasteiger partial charge in [0.25, 0.3) is 0 Å². The van der Waals surface area contributed by atoms with E-state index in [0.717, 1.165) is 45.6 Å². The van der Waals surface area contributed by atoms with Crippen LogP contribution >= 0.6 is 0 Å². The SMILES string of the molecule is c1ccc(-c2c3ccccc3c(-c3ccc4oc5cc(-c6c7ccccc7c(C7C8CC9CC(C8)CC7C9)c7ccccc67)ccc5c4c3)c3ccccc23)cc1. The minimum Gasteiger partial charge on any atom is -0.456 e. The van der Waals surface area contributed by atoms with Crippen LogP contribution in [0.5, 0.6) is 0 Å². The summed E-state index contributed by atoms with van der Waals surface area (Å²) in [4.78, 5) is 0. The first-order chi connectivity index (χ1) is 28.2. The molecule has 0 aliphatic heterocycles. The van der Waals surface area contributed by atoms with Crippen LogP contribution in [-0.4, -0.2) is 0 Å². The number of hydrogen-bond donors (Lipinski definition) is 0. The molecule has 0 unspecified atom stereocenters. The van der Waals surface area contributed by atoms with E-state index in [9.17, 15) is 0 Å². The number of furan rings is 1. The van der Waals surface area contributed by atoms with Gasteiger partial charge in [0.1, 0.15) is 11.2 Å². The van der Waals surface area contributed by atoms with Gasteiger partial charge in [0.15, 0.2) is 0 Å². The average molecular weight is 731 g/mol. The number of rotatable bonds is 4. The first-order valence-electron chi connectivity index (χ1n) is 21.1. The summed E-state index contributed by atoms with van der Waals surface area (Å²) in [5.74, 6) is 4.25. The summed E-state index contributed by atoms with van der Waals surface area (Å²) in [5, 5.41) is 13.0. The highest BCUT2D eigenvalue weighted by atomic mass is 16.3. The summed E-state index contributed by atoms with van der Waals surface area (Å²) >= 11 is 0. The van der Waals surface area contributed by atoms with Gasteiger partial charge in [0.2, 0.25) is 0 Å². The molecule has 4 aliphatic rings. The van der Waals surface area contributed by atoms with Crippen molar-refractivity contribution in [3.63, 3.8) is 0 Å². The lowest BCUT2D eigenvalue weighted by Gasteiger charge is -2.55. The van der Waals surface area contributed by atoms with Gasteiger partial charge < -0.3 is 4.42 Å². The predicted molar refractivity (Wildman–Crippen MR) is 240 cm³/mol. The van der Waals surface area contributed by atoms with Gasteiger partial charge in [-0.25, -0.2) is 0 Å². The van der Waals surface area contributed by atoms with Gasteiger partial charge in [-0.1, -0.05) is 140 Å². The molecular weight excluding hydrogens is 689 g/mol. The first-order valence-corrected chi connectivity index (χ1v) is 21.1. The van der Waals surface area contributed by atoms with Crippen LogP contribution in [0.4, 0.5) is 0 Å². The summed E-state index contributed by atoms with van der Waals surface area (Å²) in [5.41, 5.74) is 11.1. The zero-order valence-electron chi connectivity index (χ0n) is 31.9. The van der Waals surface area contributed by atoms with E-state index in [-0.39, 0.29) is 0 Å². The van der Waals surface area contributed by atoms with Crippen molar-refractivity contribution in [1.29, 1.82) is 0 Å². The Labute approximate surface area is 332 Å². The Morgan fingerprint density at radius 3 is 1.30 bits per heavy atom. The Kier molecular flexibility index (Phi) is 6.82. The van der Waals surface area contributed by atoms with E-state index >= 15 is 0 Å². The van der Waals surface area contributed by atoms with Gasteiger partial charge in [-0.15, -0.1) is 0 Å². The molecule has 0 N–H and O–H groups in total. The van der Waals surface area contributed by atoms with E-state index in [2.05, 4.69) is 164 Å². The minimum atomic E-state index is 0.664. The summed E-state index contributed by atoms with van der Waals surface area (Å²) in [6, 6.07) is 61.0. The van der Waals surface area contributed by atoms with Gasteiger partial charge in [-0.3, -0.25) is 0 Å². The lowest BCUT2D eigenvalue weighted by molar-refractivity contribution is -0.00185. The number of benzene rings is 9. The van der Waals surface area contributed by atoms with E-state index in [0.29, 0.717) is 5.92 Å². The van der Waals surface area contributed by atoms with E-state index in [1.54, 1.807) is 5.56 Å². The molecule has 272 valence electrons. The van der Waals surface area contributed by atoms with Gasteiger partial charge in [0.05, 0.1) is 0 Å². The first kappa shape index (κ1) is 32.0. The van der Waals surface area contributed by atoms with Crippen molar-refractivity contribution in [2.75, 3.05) is 0 Å². The molecule has 0 saturated heterocycles. The third-order valence-electron chi connectivity index (χ3n) is 14.6. The van der Waals surface area contributed by atoms with Crippen LogP contribution in [0.25, 0.3) is 98.4 Å². The molecule has 4 saturated carbocycles. The second-order valence-electron chi connectivity index (χ2n) is 17.6. The fourth-order valence-corrected chi connectivity index (χ4v) is 12.7. The predicted octanol–water partition coefficient (Wildman–Crippen LogP) is 15.7. The molecule has 57 heavy (non-hydrogen) atoms. The van der Waals surface area contributed by atoms with Crippen molar-refractivity contribution in [3.05, 3.63) is 169 Å². The Hall–Kier alpha value is -6.18. The minimum absolute atomic E-state index is 0.664. The fourth-order valence-electron chi connectivity index (χ4n) is 12.7. The lowest BCUT2D eigenvalue weighted by Crippen LogP contribution is -2.43. The van der Waals surface area contributed by atoms with Gasteiger partial charge in [0, 0.05) is 10.8 Å². The summed E-state index contributed by atoms with van der Waals surface area (Å²) in [6.07, 6.45) is 7.20. The molecule has 1 nitrogen and oxygen atoms in total. The Balaban J connectivity index is 0.990. The van der Waals surface area contributed by atoms with Crippen molar-refractivity contribution >= 4 is 65.0 Å². The molecule has 14 rings (SSSR count). The topological polar surface area (TPSA) is 13.1 Å². The van der Waals surface area contributed by atoms with Crippen molar-refractivity contribution in [3.8, 4) is 33.4 Å². The van der Waals surface area contributed by atoms with Crippen LogP contribution in [0.2, 0.25) is 0 Å². The van der Waals surface area contributed by atoms with Crippen molar-refractivity contribution < 1.29 is 4.42 Å². The molecule has 4 fully saturated rings. The normalized spacial score (nSPS) is 21.5. The van der Waals surface area contributed by atoms with Crippen LogP contribution < -0.4 is 0 Å². The second-order valence-corrected chi connectivity index (χ2v) is 17.6. The Morgan fingerprint density at radius 2 is 0.754 bits per heavy atom. The molecule has 0 amide bonds. The largest absolute Gasteiger partial charge is 0.456 e. The van der Waals surface area contributed by atoms with Crippen LogP contribution in [0.1, 0.15) is 43.6 Å². The molecule has 1 aromatic heterocycles. The van der Waals surface area contributed by atoms with Crippen molar-refractivity contribution in [1.82, 2.24) is 0 Å².